The van der Waals surface area contributed by atoms with E-state index in [1.165, 1.54) is 0 Å². The molecule has 0 radical (unpaired) electrons. The van der Waals surface area contributed by atoms with Crippen LogP contribution in [0.2, 0.25) is 0 Å². The number of esters is 1. The molecule has 2 fully saturated rings. The third kappa shape index (κ3) is 3.90. The number of nitrogens with zero attached hydrogens (tertiary/aromatic N) is 4. The molecule has 0 N–H and O–H groups in total. The molecule has 0 aliphatic carbocycles. The van der Waals surface area contributed by atoms with Gasteiger partial charge in [0.25, 0.3) is 0 Å². The molecule has 4 heterocycles. The fourth-order valence-electron chi connectivity index (χ4n) is 4.94. The van der Waals surface area contributed by atoms with Crippen LogP contribution in [0.3, 0.4) is 0 Å². The van der Waals surface area contributed by atoms with Crippen molar-refractivity contribution in [1.82, 2.24) is 19.6 Å². The SMILES string of the molecule is O=Cc1ccc2cnn([C@]3(OC(=O)c4ccc5cnn([C@H]6CCCCO6)c5c4)CCCCO3)c2c1. The van der Waals surface area contributed by atoms with Crippen LogP contribution in [0.25, 0.3) is 21.8 Å². The minimum absolute atomic E-state index is 0.136. The Labute approximate surface area is 201 Å². The van der Waals surface area contributed by atoms with Crippen molar-refractivity contribution in [3.05, 3.63) is 59.9 Å². The number of carbonyl (C=O) groups excluding carboxylic acids is 2. The zero-order valence-corrected chi connectivity index (χ0v) is 19.3. The Bertz CT molecular complexity index is 1400. The molecule has 4 aromatic rings. The fourth-order valence-corrected chi connectivity index (χ4v) is 4.94. The molecular weight excluding hydrogens is 448 g/mol. The molecule has 2 aliphatic heterocycles. The van der Waals surface area contributed by atoms with Crippen LogP contribution in [0.5, 0.6) is 0 Å². The number of rotatable bonds is 5. The van der Waals surface area contributed by atoms with Crippen molar-refractivity contribution in [3.8, 4) is 0 Å². The van der Waals surface area contributed by atoms with Gasteiger partial charge in [-0.25, -0.2) is 9.48 Å². The van der Waals surface area contributed by atoms with E-state index in [9.17, 15) is 9.59 Å². The molecule has 35 heavy (non-hydrogen) atoms. The number of benzene rings is 2. The average molecular weight is 475 g/mol. The van der Waals surface area contributed by atoms with Crippen molar-refractivity contribution in [3.63, 3.8) is 0 Å². The van der Waals surface area contributed by atoms with Crippen LogP contribution in [0.1, 0.15) is 65.5 Å². The van der Waals surface area contributed by atoms with Crippen molar-refractivity contribution < 1.29 is 23.8 Å². The van der Waals surface area contributed by atoms with E-state index in [1.54, 1.807) is 41.3 Å². The van der Waals surface area contributed by atoms with Gasteiger partial charge in [0.05, 0.1) is 35.6 Å². The molecule has 2 aliphatic rings. The van der Waals surface area contributed by atoms with E-state index in [1.807, 2.05) is 16.8 Å². The number of hydrogen-bond donors (Lipinski definition) is 0. The molecule has 0 spiro atoms. The highest BCUT2D eigenvalue weighted by molar-refractivity contribution is 5.94. The van der Waals surface area contributed by atoms with E-state index in [0.717, 1.165) is 54.7 Å². The predicted octanol–water partition coefficient (Wildman–Crippen LogP) is 4.57. The standard InChI is InChI=1S/C26H26N4O5/c31-17-18-6-7-21-16-28-30(23(21)13-18)26(10-2-4-12-34-26)35-25(32)19-8-9-20-15-27-29(22(20)14-19)24-5-1-3-11-33-24/h6-9,13-17,24H,1-5,10-12H2/t24-,26-/m1/s1. The second kappa shape index (κ2) is 8.90. The number of carbonyl (C=O) groups is 2. The largest absolute Gasteiger partial charge is 0.408 e. The zero-order valence-electron chi connectivity index (χ0n) is 19.3. The molecule has 0 unspecified atom stereocenters. The number of fused-ring (bicyclic) bond motifs is 2. The van der Waals surface area contributed by atoms with E-state index < -0.39 is 11.9 Å². The van der Waals surface area contributed by atoms with Crippen LogP contribution < -0.4 is 0 Å². The summed E-state index contributed by atoms with van der Waals surface area (Å²) in [5, 5.41) is 10.8. The number of hydrogen-bond acceptors (Lipinski definition) is 7. The average Bonchev–Trinajstić information content (AvgIpc) is 3.53. The maximum absolute atomic E-state index is 13.5. The summed E-state index contributed by atoms with van der Waals surface area (Å²) in [5.41, 5.74) is 2.41. The first kappa shape index (κ1) is 21.9. The van der Waals surface area contributed by atoms with Gasteiger partial charge in [-0.3, -0.25) is 4.79 Å². The molecule has 2 aromatic carbocycles. The first-order valence-corrected chi connectivity index (χ1v) is 12.1. The van der Waals surface area contributed by atoms with Crippen LogP contribution in [0.15, 0.2) is 48.8 Å². The summed E-state index contributed by atoms with van der Waals surface area (Å²) in [5.74, 6) is -1.90. The molecule has 0 amide bonds. The van der Waals surface area contributed by atoms with Crippen molar-refractivity contribution in [2.75, 3.05) is 13.2 Å². The van der Waals surface area contributed by atoms with Gasteiger partial charge in [-0.05, 0) is 50.3 Å². The summed E-state index contributed by atoms with van der Waals surface area (Å²) in [7, 11) is 0. The normalized spacial score (nSPS) is 22.9. The lowest BCUT2D eigenvalue weighted by Crippen LogP contribution is -2.44. The summed E-state index contributed by atoms with van der Waals surface area (Å²) < 4.78 is 21.5. The summed E-state index contributed by atoms with van der Waals surface area (Å²) in [6.45, 7) is 1.14. The molecule has 180 valence electrons. The summed E-state index contributed by atoms with van der Waals surface area (Å²) in [6, 6.07) is 10.7. The minimum Gasteiger partial charge on any atom is -0.408 e. The zero-order chi connectivity index (χ0) is 23.8. The lowest BCUT2D eigenvalue weighted by Gasteiger charge is -2.36. The van der Waals surface area contributed by atoms with Gasteiger partial charge in [0.2, 0.25) is 0 Å². The topological polar surface area (TPSA) is 97.5 Å². The predicted molar refractivity (Wildman–Crippen MR) is 127 cm³/mol. The molecule has 2 atom stereocenters. The molecular formula is C26H26N4O5. The van der Waals surface area contributed by atoms with Crippen molar-refractivity contribution in [2.45, 2.75) is 50.7 Å². The van der Waals surface area contributed by atoms with Gasteiger partial charge in [0.15, 0.2) is 6.23 Å². The Hall–Kier alpha value is -3.56. The van der Waals surface area contributed by atoms with Gasteiger partial charge in [-0.2, -0.15) is 14.9 Å². The minimum atomic E-state index is -1.39. The quantitative estimate of drug-likeness (QED) is 0.309. The Morgan fingerprint density at radius 2 is 1.83 bits per heavy atom. The molecule has 0 saturated carbocycles. The van der Waals surface area contributed by atoms with Gasteiger partial charge in [-0.1, -0.05) is 18.2 Å². The van der Waals surface area contributed by atoms with Gasteiger partial charge in [-0.15, -0.1) is 0 Å². The lowest BCUT2D eigenvalue weighted by atomic mass is 10.1. The van der Waals surface area contributed by atoms with E-state index in [0.29, 0.717) is 36.3 Å². The van der Waals surface area contributed by atoms with Crippen LogP contribution in [-0.2, 0) is 20.1 Å². The molecule has 2 saturated heterocycles. The Morgan fingerprint density at radius 3 is 2.63 bits per heavy atom. The monoisotopic (exact) mass is 474 g/mol. The third-order valence-corrected chi connectivity index (χ3v) is 6.78. The van der Waals surface area contributed by atoms with Crippen LogP contribution in [0, 0.1) is 0 Å². The van der Waals surface area contributed by atoms with E-state index in [2.05, 4.69) is 10.2 Å². The molecule has 2 aromatic heterocycles. The van der Waals surface area contributed by atoms with E-state index >= 15 is 0 Å². The van der Waals surface area contributed by atoms with Gasteiger partial charge >= 0.3 is 11.9 Å². The van der Waals surface area contributed by atoms with Gasteiger partial charge in [0.1, 0.15) is 6.29 Å². The fraction of sp³-hybridized carbons (Fsp3) is 0.385. The highest BCUT2D eigenvalue weighted by Gasteiger charge is 2.42. The van der Waals surface area contributed by atoms with Gasteiger partial charge in [0, 0.05) is 29.4 Å². The number of ether oxygens (including phenoxy) is 3. The molecule has 9 heteroatoms. The Kier molecular flexibility index (Phi) is 5.58. The third-order valence-electron chi connectivity index (χ3n) is 6.78. The van der Waals surface area contributed by atoms with Gasteiger partial charge < -0.3 is 14.2 Å². The van der Waals surface area contributed by atoms with Crippen molar-refractivity contribution in [2.24, 2.45) is 0 Å². The summed E-state index contributed by atoms with van der Waals surface area (Å²) in [4.78, 5) is 24.8. The molecule has 0 bridgehead atoms. The first-order valence-electron chi connectivity index (χ1n) is 12.1. The second-order valence-corrected chi connectivity index (χ2v) is 9.08. The second-order valence-electron chi connectivity index (χ2n) is 9.08. The smallest absolute Gasteiger partial charge is 0.342 e. The highest BCUT2D eigenvalue weighted by Crippen LogP contribution is 2.35. The van der Waals surface area contributed by atoms with Crippen molar-refractivity contribution >= 4 is 34.1 Å². The first-order chi connectivity index (χ1) is 17.2. The number of aldehydes is 1. The number of aromatic nitrogens is 4. The lowest BCUT2D eigenvalue weighted by molar-refractivity contribution is -0.284. The van der Waals surface area contributed by atoms with Crippen molar-refractivity contribution in [1.29, 1.82) is 0 Å². The van der Waals surface area contributed by atoms with Crippen LogP contribution >= 0.6 is 0 Å². The van der Waals surface area contributed by atoms with Crippen LogP contribution in [-0.4, -0.2) is 45.0 Å². The summed E-state index contributed by atoms with van der Waals surface area (Å²) in [6.07, 6.45) is 9.27. The Balaban J connectivity index is 1.36. The van der Waals surface area contributed by atoms with E-state index in [-0.39, 0.29) is 6.23 Å². The van der Waals surface area contributed by atoms with E-state index in [4.69, 9.17) is 14.2 Å². The molecule has 9 nitrogen and oxygen atoms in total. The van der Waals surface area contributed by atoms with Crippen LogP contribution in [0.4, 0.5) is 0 Å². The molecule has 6 rings (SSSR count). The maximum atomic E-state index is 13.5. The Morgan fingerprint density at radius 1 is 1.00 bits per heavy atom. The maximum Gasteiger partial charge on any atom is 0.342 e. The highest BCUT2D eigenvalue weighted by atomic mass is 16.7. The summed E-state index contributed by atoms with van der Waals surface area (Å²) >= 11 is 0.